The monoisotopic (exact) mass is 316 g/mol. The van der Waals surface area contributed by atoms with E-state index in [0.717, 1.165) is 16.6 Å². The molecule has 0 spiro atoms. The summed E-state index contributed by atoms with van der Waals surface area (Å²) in [5.41, 5.74) is 1.18. The molecule has 0 aliphatic carbocycles. The number of aromatic amines is 1. The van der Waals surface area contributed by atoms with Crippen molar-refractivity contribution in [2.75, 3.05) is 6.54 Å². The number of aryl methyl sites for hydroxylation is 1. The van der Waals surface area contributed by atoms with Crippen molar-refractivity contribution in [3.63, 3.8) is 0 Å². The maximum atomic E-state index is 12.2. The van der Waals surface area contributed by atoms with E-state index in [1.165, 1.54) is 10.5 Å². The van der Waals surface area contributed by atoms with Crippen LogP contribution in [0.1, 0.15) is 38.4 Å². The number of amides is 1. The molecule has 2 N–H and O–H groups in total. The number of hydrogen-bond donors (Lipinski definition) is 2. The van der Waals surface area contributed by atoms with E-state index in [1.54, 1.807) is 13.8 Å². The normalized spacial score (nSPS) is 27.7. The molecule has 0 bridgehead atoms. The molecule has 5 heteroatoms. The molecular formula is C18H24N2O3. The van der Waals surface area contributed by atoms with E-state index in [1.807, 2.05) is 32.0 Å². The van der Waals surface area contributed by atoms with Crippen molar-refractivity contribution >= 4 is 17.0 Å². The van der Waals surface area contributed by atoms with Gasteiger partial charge in [0.05, 0.1) is 0 Å². The van der Waals surface area contributed by atoms with Crippen LogP contribution in [0.15, 0.2) is 24.3 Å². The number of carbonyl (C=O) groups is 1. The van der Waals surface area contributed by atoms with Gasteiger partial charge in [-0.25, -0.2) is 4.79 Å². The number of nitrogens with one attached hydrogen (secondary N) is 1. The molecule has 1 saturated heterocycles. The molecule has 1 aromatic carbocycles. The first kappa shape index (κ1) is 15.9. The maximum absolute atomic E-state index is 12.2. The van der Waals surface area contributed by atoms with Gasteiger partial charge in [-0.2, -0.15) is 0 Å². The van der Waals surface area contributed by atoms with Crippen LogP contribution < -0.4 is 0 Å². The van der Waals surface area contributed by atoms with E-state index >= 15 is 0 Å². The Morgan fingerprint density at radius 2 is 2.00 bits per heavy atom. The summed E-state index contributed by atoms with van der Waals surface area (Å²) in [5, 5.41) is 12.0. The van der Waals surface area contributed by atoms with Gasteiger partial charge in [0, 0.05) is 23.1 Å². The second kappa shape index (κ2) is 5.27. The minimum absolute atomic E-state index is 0.421. The Labute approximate surface area is 136 Å². The van der Waals surface area contributed by atoms with E-state index in [4.69, 9.17) is 4.74 Å². The molecule has 1 amide bonds. The van der Waals surface area contributed by atoms with Gasteiger partial charge in [0.1, 0.15) is 0 Å². The third-order valence-corrected chi connectivity index (χ3v) is 5.35. The lowest BCUT2D eigenvalue weighted by Gasteiger charge is -2.36. The third-order valence-electron chi connectivity index (χ3n) is 5.35. The van der Waals surface area contributed by atoms with E-state index in [9.17, 15) is 9.90 Å². The Kier molecular flexibility index (Phi) is 3.64. The van der Waals surface area contributed by atoms with Crippen molar-refractivity contribution in [3.05, 3.63) is 35.5 Å². The summed E-state index contributed by atoms with van der Waals surface area (Å²) in [4.78, 5) is 17.0. The van der Waals surface area contributed by atoms with Gasteiger partial charge < -0.3 is 14.8 Å². The van der Waals surface area contributed by atoms with E-state index < -0.39 is 17.4 Å². The number of carbonyl (C=O) groups excluding carboxylic acids is 1. The van der Waals surface area contributed by atoms with E-state index in [0.29, 0.717) is 19.4 Å². The second-order valence-electron chi connectivity index (χ2n) is 6.65. The van der Waals surface area contributed by atoms with Crippen molar-refractivity contribution in [3.8, 4) is 0 Å². The summed E-state index contributed by atoms with van der Waals surface area (Å²) in [6.45, 7) is 7.80. The molecule has 0 saturated carbocycles. The lowest BCUT2D eigenvalue weighted by atomic mass is 9.90. The number of fused-ring (bicyclic) bond motifs is 1. The molecule has 3 rings (SSSR count). The van der Waals surface area contributed by atoms with Crippen molar-refractivity contribution < 1.29 is 14.6 Å². The third kappa shape index (κ3) is 2.30. The van der Waals surface area contributed by atoms with E-state index in [2.05, 4.69) is 11.1 Å². The zero-order valence-corrected chi connectivity index (χ0v) is 14.1. The van der Waals surface area contributed by atoms with Crippen LogP contribution in [0.4, 0.5) is 4.79 Å². The van der Waals surface area contributed by atoms with E-state index in [-0.39, 0.29) is 0 Å². The summed E-state index contributed by atoms with van der Waals surface area (Å²) in [7, 11) is 0. The number of cyclic esters (lactones) is 1. The molecule has 0 radical (unpaired) electrons. The fourth-order valence-electron chi connectivity index (χ4n) is 3.40. The lowest BCUT2D eigenvalue weighted by Crippen LogP contribution is -2.55. The molecule has 0 unspecified atom stereocenters. The Hall–Kier alpha value is -2.01. The highest BCUT2D eigenvalue weighted by Gasteiger charge is 2.58. The van der Waals surface area contributed by atoms with Gasteiger partial charge in [-0.3, -0.25) is 4.90 Å². The van der Waals surface area contributed by atoms with Crippen molar-refractivity contribution in [2.24, 2.45) is 0 Å². The van der Waals surface area contributed by atoms with Gasteiger partial charge in [-0.15, -0.1) is 0 Å². The Morgan fingerprint density at radius 3 is 2.65 bits per heavy atom. The molecule has 23 heavy (non-hydrogen) atoms. The quantitative estimate of drug-likeness (QED) is 0.909. The largest absolute Gasteiger partial charge is 0.438 e. The molecule has 2 atom stereocenters. The van der Waals surface area contributed by atoms with Crippen LogP contribution in [0.2, 0.25) is 0 Å². The summed E-state index contributed by atoms with van der Waals surface area (Å²) in [6, 6.07) is 8.12. The number of ether oxygens (including phenoxy) is 1. The number of nitrogens with zero attached hydrogens (tertiary/aromatic N) is 1. The first-order valence-corrected chi connectivity index (χ1v) is 8.09. The average molecular weight is 316 g/mol. The highest BCUT2D eigenvalue weighted by atomic mass is 16.6. The molecule has 1 fully saturated rings. The molecule has 5 nitrogen and oxygen atoms in total. The number of benzene rings is 1. The summed E-state index contributed by atoms with van der Waals surface area (Å²) in [6.07, 6.45) is 0.784. The number of hydrogen-bond acceptors (Lipinski definition) is 3. The minimum Gasteiger partial charge on any atom is -0.438 e. The number of aliphatic hydroxyl groups is 1. The Morgan fingerprint density at radius 1 is 1.30 bits per heavy atom. The number of rotatable bonds is 4. The fraction of sp³-hybridized carbons (Fsp3) is 0.500. The average Bonchev–Trinajstić information content (AvgIpc) is 2.90. The fourth-order valence-corrected chi connectivity index (χ4v) is 3.40. The Bertz CT molecular complexity index is 750. The van der Waals surface area contributed by atoms with Crippen LogP contribution >= 0.6 is 0 Å². The topological polar surface area (TPSA) is 65.6 Å². The van der Waals surface area contributed by atoms with Crippen molar-refractivity contribution in [1.82, 2.24) is 9.88 Å². The smallest absolute Gasteiger partial charge is 0.412 e. The number of para-hydroxylation sites is 1. The van der Waals surface area contributed by atoms with Crippen molar-refractivity contribution in [2.45, 2.75) is 51.9 Å². The molecule has 2 heterocycles. The van der Waals surface area contributed by atoms with Gasteiger partial charge in [0.25, 0.3) is 0 Å². The molecule has 1 aliphatic heterocycles. The van der Waals surface area contributed by atoms with Crippen LogP contribution in [0, 0.1) is 6.92 Å². The molecular weight excluding hydrogens is 292 g/mol. The SMILES string of the molecule is CC[C@@]1(C)OC(=O)N(CCc2c(C)[nH]c3ccccc23)[C@]1(C)O. The molecule has 1 aromatic heterocycles. The molecule has 124 valence electrons. The summed E-state index contributed by atoms with van der Waals surface area (Å²) >= 11 is 0. The lowest BCUT2D eigenvalue weighted by molar-refractivity contribution is -0.137. The first-order chi connectivity index (χ1) is 10.8. The highest BCUT2D eigenvalue weighted by Crippen LogP contribution is 2.39. The van der Waals surface area contributed by atoms with Crippen LogP contribution in [0.3, 0.4) is 0 Å². The summed E-state index contributed by atoms with van der Waals surface area (Å²) in [5.74, 6) is 0. The predicted octanol–water partition coefficient (Wildman–Crippen LogP) is 3.35. The van der Waals surface area contributed by atoms with Gasteiger partial charge >= 0.3 is 6.09 Å². The summed E-state index contributed by atoms with van der Waals surface area (Å²) < 4.78 is 5.44. The van der Waals surface area contributed by atoms with Gasteiger partial charge in [-0.05, 0) is 45.2 Å². The molecule has 2 aromatic rings. The van der Waals surface area contributed by atoms with Crippen LogP contribution in [-0.2, 0) is 11.2 Å². The highest BCUT2D eigenvalue weighted by molar-refractivity contribution is 5.84. The standard InChI is InChI=1S/C18H24N2O3/c1-5-17(3)18(4,22)20(16(21)23-17)11-10-13-12(2)19-15-9-7-6-8-14(13)15/h6-9,19,22H,5,10-11H2,1-4H3/t17-,18-/m1/s1. The maximum Gasteiger partial charge on any atom is 0.412 e. The van der Waals surface area contributed by atoms with Crippen LogP contribution in [-0.4, -0.2) is 39.0 Å². The molecule has 1 aliphatic rings. The van der Waals surface area contributed by atoms with Crippen LogP contribution in [0.5, 0.6) is 0 Å². The van der Waals surface area contributed by atoms with Crippen molar-refractivity contribution in [1.29, 1.82) is 0 Å². The first-order valence-electron chi connectivity index (χ1n) is 8.09. The minimum atomic E-state index is -1.31. The van der Waals surface area contributed by atoms with Gasteiger partial charge in [-0.1, -0.05) is 25.1 Å². The Balaban J connectivity index is 1.85. The number of H-pyrrole nitrogens is 1. The number of aromatic nitrogens is 1. The van der Waals surface area contributed by atoms with Gasteiger partial charge in [0.15, 0.2) is 11.3 Å². The predicted molar refractivity (Wildman–Crippen MR) is 89.2 cm³/mol. The van der Waals surface area contributed by atoms with Gasteiger partial charge in [0.2, 0.25) is 0 Å². The zero-order chi connectivity index (χ0) is 16.8. The second-order valence-corrected chi connectivity index (χ2v) is 6.65. The van der Waals surface area contributed by atoms with Crippen LogP contribution in [0.25, 0.3) is 10.9 Å². The zero-order valence-electron chi connectivity index (χ0n) is 14.1.